The van der Waals surface area contributed by atoms with Crippen molar-refractivity contribution >= 4 is 23.2 Å². The van der Waals surface area contributed by atoms with E-state index in [0.29, 0.717) is 43.3 Å². The smallest absolute Gasteiger partial charge is 0.419 e. The van der Waals surface area contributed by atoms with Gasteiger partial charge >= 0.3 is 6.18 Å². The highest BCUT2D eigenvalue weighted by molar-refractivity contribution is 6.17. The fourth-order valence-electron chi connectivity index (χ4n) is 3.64. The van der Waals surface area contributed by atoms with E-state index in [1.54, 1.807) is 12.3 Å². The van der Waals surface area contributed by atoms with Gasteiger partial charge in [0.25, 0.3) is 0 Å². The normalized spacial score (nSPS) is 23.2. The lowest BCUT2D eigenvalue weighted by atomic mass is 9.92. The van der Waals surface area contributed by atoms with Gasteiger partial charge in [-0.3, -0.25) is 9.79 Å². The van der Waals surface area contributed by atoms with Crippen LogP contribution in [0.15, 0.2) is 46.5 Å². The number of hydrogen-bond acceptors (Lipinski definition) is 5. The van der Waals surface area contributed by atoms with Crippen molar-refractivity contribution in [3.05, 3.63) is 47.7 Å². The van der Waals surface area contributed by atoms with E-state index in [1.165, 1.54) is 19.2 Å². The number of ether oxygens (including phenoxy) is 2. The summed E-state index contributed by atoms with van der Waals surface area (Å²) >= 11 is 0. The number of alkyl halides is 3. The number of allylic oxidation sites excluding steroid dienone is 2. The van der Waals surface area contributed by atoms with Gasteiger partial charge in [-0.15, -0.1) is 0 Å². The maximum Gasteiger partial charge on any atom is 0.419 e. The van der Waals surface area contributed by atoms with Crippen LogP contribution in [-0.2, 0) is 15.7 Å². The van der Waals surface area contributed by atoms with E-state index < -0.39 is 11.7 Å². The number of amides is 1. The highest BCUT2D eigenvalue weighted by Crippen LogP contribution is 2.39. The molecule has 4 rings (SSSR count). The largest absolute Gasteiger partial charge is 0.496 e. The van der Waals surface area contributed by atoms with Gasteiger partial charge in [-0.05, 0) is 30.7 Å². The van der Waals surface area contributed by atoms with E-state index >= 15 is 0 Å². The summed E-state index contributed by atoms with van der Waals surface area (Å²) in [7, 11) is 1.20. The highest BCUT2D eigenvalue weighted by Gasteiger charge is 2.35. The average Bonchev–Trinajstić information content (AvgIpc) is 3.15. The molecule has 1 aromatic rings. The van der Waals surface area contributed by atoms with Crippen molar-refractivity contribution in [3.8, 4) is 5.75 Å². The molecule has 1 N–H and O–H groups in total. The highest BCUT2D eigenvalue weighted by atomic mass is 19.4. The number of carbonyl (C=O) groups is 1. The van der Waals surface area contributed by atoms with E-state index in [2.05, 4.69) is 15.3 Å². The molecule has 3 heterocycles. The van der Waals surface area contributed by atoms with Crippen molar-refractivity contribution in [1.82, 2.24) is 5.32 Å². The zero-order valence-electron chi connectivity index (χ0n) is 16.2. The van der Waals surface area contributed by atoms with Crippen LogP contribution in [0.5, 0.6) is 5.75 Å². The van der Waals surface area contributed by atoms with Gasteiger partial charge in [-0.25, -0.2) is 4.99 Å². The Morgan fingerprint density at radius 2 is 2.13 bits per heavy atom. The Morgan fingerprint density at radius 3 is 2.83 bits per heavy atom. The first-order valence-electron chi connectivity index (χ1n) is 9.53. The molecule has 9 heteroatoms. The zero-order valence-corrected chi connectivity index (χ0v) is 16.2. The number of halogens is 3. The SMILES string of the molecule is COc1ccc(C2=CC3=NC=CCC3C(OC[C@H]3CNC(=O)C3)=N2)cc1C(F)(F)F. The number of fused-ring (bicyclic) bond motifs is 1. The Morgan fingerprint density at radius 1 is 1.30 bits per heavy atom. The number of aliphatic imine (C=N–C) groups is 2. The molecule has 0 spiro atoms. The third kappa shape index (κ3) is 4.10. The van der Waals surface area contributed by atoms with Gasteiger partial charge in [0.15, 0.2) is 5.90 Å². The van der Waals surface area contributed by atoms with E-state index in [1.807, 2.05) is 6.08 Å². The van der Waals surface area contributed by atoms with Crippen LogP contribution in [0.3, 0.4) is 0 Å². The van der Waals surface area contributed by atoms with E-state index in [4.69, 9.17) is 9.47 Å². The molecule has 2 atom stereocenters. The fraction of sp³-hybridized carbons (Fsp3) is 0.381. The van der Waals surface area contributed by atoms with Crippen LogP contribution in [0.25, 0.3) is 5.70 Å². The molecule has 1 amide bonds. The van der Waals surface area contributed by atoms with Gasteiger partial charge in [0.1, 0.15) is 5.75 Å². The van der Waals surface area contributed by atoms with E-state index in [-0.39, 0.29) is 29.1 Å². The predicted octanol–water partition coefficient (Wildman–Crippen LogP) is 3.59. The first-order valence-corrected chi connectivity index (χ1v) is 9.53. The monoisotopic (exact) mass is 419 g/mol. The van der Waals surface area contributed by atoms with Gasteiger partial charge < -0.3 is 14.8 Å². The minimum absolute atomic E-state index is 0.0180. The first kappa shape index (κ1) is 20.2. The van der Waals surface area contributed by atoms with E-state index in [9.17, 15) is 18.0 Å². The quantitative estimate of drug-likeness (QED) is 0.811. The maximum absolute atomic E-state index is 13.4. The van der Waals surface area contributed by atoms with Crippen LogP contribution in [0.4, 0.5) is 13.2 Å². The van der Waals surface area contributed by atoms with Crippen LogP contribution in [0, 0.1) is 11.8 Å². The number of carbonyl (C=O) groups excluding carboxylic acids is 1. The molecule has 0 radical (unpaired) electrons. The minimum Gasteiger partial charge on any atom is -0.496 e. The van der Waals surface area contributed by atoms with Gasteiger partial charge in [0.05, 0.1) is 36.6 Å². The minimum atomic E-state index is -4.56. The van der Waals surface area contributed by atoms with Crippen molar-refractivity contribution < 1.29 is 27.4 Å². The average molecular weight is 419 g/mol. The molecule has 0 saturated carbocycles. The third-order valence-electron chi connectivity index (χ3n) is 5.20. The molecule has 158 valence electrons. The number of methoxy groups -OCH3 is 1. The fourth-order valence-corrected chi connectivity index (χ4v) is 3.64. The molecule has 1 aromatic carbocycles. The van der Waals surface area contributed by atoms with Crippen molar-refractivity contribution in [3.63, 3.8) is 0 Å². The van der Waals surface area contributed by atoms with Gasteiger partial charge in [0, 0.05) is 30.6 Å². The Hall–Kier alpha value is -3.10. The Labute approximate surface area is 171 Å². The molecule has 3 aliphatic rings. The standard InChI is InChI=1S/C21H20F3N3O3/c1-29-18-5-4-13(8-15(18)21(22,23)24)16-9-17-14(3-2-6-25-17)20(27-16)30-11-12-7-19(28)26-10-12/h2,4-6,8-9,12,14H,3,7,10-11H2,1H3,(H,26,28)/t12-,14?/m1/s1. The predicted molar refractivity (Wildman–Crippen MR) is 105 cm³/mol. The number of nitrogens with one attached hydrogen (secondary N) is 1. The molecule has 6 nitrogen and oxygen atoms in total. The van der Waals surface area contributed by atoms with E-state index in [0.717, 1.165) is 6.07 Å². The van der Waals surface area contributed by atoms with Crippen LogP contribution < -0.4 is 10.1 Å². The zero-order chi connectivity index (χ0) is 21.3. The third-order valence-corrected chi connectivity index (χ3v) is 5.20. The van der Waals surface area contributed by atoms with Crippen LogP contribution >= 0.6 is 0 Å². The molecule has 3 aliphatic heterocycles. The summed E-state index contributed by atoms with van der Waals surface area (Å²) in [4.78, 5) is 20.3. The second-order valence-electron chi connectivity index (χ2n) is 7.30. The first-order chi connectivity index (χ1) is 14.3. The lowest BCUT2D eigenvalue weighted by molar-refractivity contribution is -0.138. The number of rotatable bonds is 4. The van der Waals surface area contributed by atoms with Gasteiger partial charge in [-0.1, -0.05) is 6.08 Å². The van der Waals surface area contributed by atoms with Crippen LogP contribution in [0.1, 0.15) is 24.0 Å². The molecule has 1 fully saturated rings. The van der Waals surface area contributed by atoms with Gasteiger partial charge in [0.2, 0.25) is 5.91 Å². The van der Waals surface area contributed by atoms with Crippen molar-refractivity contribution in [1.29, 1.82) is 0 Å². The van der Waals surface area contributed by atoms with Crippen LogP contribution in [-0.4, -0.2) is 37.8 Å². The lowest BCUT2D eigenvalue weighted by Gasteiger charge is -2.26. The topological polar surface area (TPSA) is 72.3 Å². The molecule has 0 aliphatic carbocycles. The molecule has 1 unspecified atom stereocenters. The Bertz CT molecular complexity index is 979. The van der Waals surface area contributed by atoms with Crippen molar-refractivity contribution in [2.24, 2.45) is 21.8 Å². The van der Waals surface area contributed by atoms with Crippen molar-refractivity contribution in [2.45, 2.75) is 19.0 Å². The summed E-state index contributed by atoms with van der Waals surface area (Å²) in [6.45, 7) is 0.836. The Kier molecular flexibility index (Phi) is 5.36. The molecular weight excluding hydrogens is 399 g/mol. The summed E-state index contributed by atoms with van der Waals surface area (Å²) in [5, 5.41) is 2.76. The molecular formula is C21H20F3N3O3. The van der Waals surface area contributed by atoms with Crippen molar-refractivity contribution in [2.75, 3.05) is 20.3 Å². The summed E-state index contributed by atoms with van der Waals surface area (Å²) in [5.74, 6) is -0.0248. The van der Waals surface area contributed by atoms with Crippen LogP contribution in [0.2, 0.25) is 0 Å². The summed E-state index contributed by atoms with van der Waals surface area (Å²) < 4.78 is 51.1. The molecule has 0 bridgehead atoms. The lowest BCUT2D eigenvalue weighted by Crippen LogP contribution is -2.30. The molecule has 1 saturated heterocycles. The second kappa shape index (κ2) is 7.97. The maximum atomic E-state index is 13.4. The van der Waals surface area contributed by atoms with Gasteiger partial charge in [-0.2, -0.15) is 13.2 Å². The number of benzene rings is 1. The Balaban J connectivity index is 1.65. The second-order valence-corrected chi connectivity index (χ2v) is 7.30. The summed E-state index contributed by atoms with van der Waals surface area (Å²) in [6.07, 6.45) is 1.70. The summed E-state index contributed by atoms with van der Waals surface area (Å²) in [5.41, 5.74) is 0.438. The number of hydrogen-bond donors (Lipinski definition) is 1. The number of nitrogens with zero attached hydrogens (tertiary/aromatic N) is 2. The summed E-state index contributed by atoms with van der Waals surface area (Å²) in [6, 6.07) is 3.82. The molecule has 30 heavy (non-hydrogen) atoms. The molecule has 0 aromatic heterocycles.